The van der Waals surface area contributed by atoms with Crippen LogP contribution in [0.25, 0.3) is 0 Å². The molecule has 7 heteroatoms. The number of H-pyrrole nitrogens is 1. The van der Waals surface area contributed by atoms with Crippen LogP contribution in [-0.2, 0) is 15.3 Å². The predicted octanol–water partition coefficient (Wildman–Crippen LogP) is 3.84. The lowest BCUT2D eigenvalue weighted by Crippen LogP contribution is -2.31. The van der Waals surface area contributed by atoms with Gasteiger partial charge in [-0.3, -0.25) is 0 Å². The minimum absolute atomic E-state index is 0.00663. The Kier molecular flexibility index (Phi) is 4.41. The Morgan fingerprint density at radius 1 is 1.36 bits per heavy atom. The Bertz CT molecular complexity index is 677. The molecular weight excluding hydrogens is 325 g/mol. The monoisotopic (exact) mass is 341 g/mol. The summed E-state index contributed by atoms with van der Waals surface area (Å²) in [5.41, 5.74) is 1.99. The van der Waals surface area contributed by atoms with Crippen LogP contribution in [0.1, 0.15) is 36.7 Å². The minimum atomic E-state index is -1.14. The summed E-state index contributed by atoms with van der Waals surface area (Å²) in [6.07, 6.45) is 1.91. The Hall–Kier alpha value is -1.14. The van der Waals surface area contributed by atoms with Crippen molar-refractivity contribution in [3.05, 3.63) is 45.2 Å². The molecule has 0 radical (unpaired) electrons. The molecule has 118 valence electrons. The molecule has 22 heavy (non-hydrogen) atoms. The van der Waals surface area contributed by atoms with Gasteiger partial charge in [0.25, 0.3) is 0 Å². The highest BCUT2D eigenvalue weighted by atomic mass is 35.5. The predicted molar refractivity (Wildman–Crippen MR) is 84.1 cm³/mol. The van der Waals surface area contributed by atoms with Gasteiger partial charge in [-0.15, -0.1) is 0 Å². The molecule has 2 aromatic rings. The zero-order valence-corrected chi connectivity index (χ0v) is 13.9. The van der Waals surface area contributed by atoms with E-state index in [2.05, 4.69) is 22.3 Å². The Balaban J connectivity index is 2.10. The van der Waals surface area contributed by atoms with Crippen LogP contribution in [0.5, 0.6) is 0 Å². The van der Waals surface area contributed by atoms with Crippen molar-refractivity contribution in [1.29, 1.82) is 0 Å². The van der Waals surface area contributed by atoms with Gasteiger partial charge in [-0.2, -0.15) is 15.4 Å². The Labute approximate surface area is 138 Å². The molecule has 0 amide bonds. The second-order valence-corrected chi connectivity index (χ2v) is 6.18. The van der Waals surface area contributed by atoms with Gasteiger partial charge in [0.15, 0.2) is 0 Å². The van der Waals surface area contributed by atoms with Crippen molar-refractivity contribution >= 4 is 23.2 Å². The summed E-state index contributed by atoms with van der Waals surface area (Å²) in [6.45, 7) is 4.45. The van der Waals surface area contributed by atoms with Crippen molar-refractivity contribution < 1.29 is 9.47 Å². The topological polar surface area (TPSA) is 60.0 Å². The Morgan fingerprint density at radius 2 is 2.18 bits per heavy atom. The first-order valence-corrected chi connectivity index (χ1v) is 7.97. The molecule has 2 heterocycles. The quantitative estimate of drug-likeness (QED) is 0.917. The van der Waals surface area contributed by atoms with Crippen LogP contribution in [0.3, 0.4) is 0 Å². The van der Waals surface area contributed by atoms with Crippen LogP contribution in [0, 0.1) is 6.92 Å². The molecule has 0 spiro atoms. The summed E-state index contributed by atoms with van der Waals surface area (Å²) >= 11 is 12.4. The van der Waals surface area contributed by atoms with Crippen LogP contribution in [0.2, 0.25) is 10.0 Å². The average molecular weight is 342 g/mol. The number of hydrogen-bond acceptors (Lipinski definition) is 4. The van der Waals surface area contributed by atoms with Gasteiger partial charge in [0.05, 0.1) is 23.4 Å². The van der Waals surface area contributed by atoms with Crippen LogP contribution in [0.4, 0.5) is 0 Å². The van der Waals surface area contributed by atoms with Crippen molar-refractivity contribution in [1.82, 2.24) is 15.4 Å². The number of benzene rings is 1. The number of aromatic nitrogens is 3. The number of nitrogens with zero attached hydrogens (tertiary/aromatic N) is 2. The van der Waals surface area contributed by atoms with Gasteiger partial charge >= 0.3 is 0 Å². The van der Waals surface area contributed by atoms with E-state index in [1.165, 1.54) is 0 Å². The van der Waals surface area contributed by atoms with Crippen molar-refractivity contribution in [2.24, 2.45) is 0 Å². The molecule has 1 aromatic carbocycles. The molecule has 3 rings (SSSR count). The van der Waals surface area contributed by atoms with E-state index in [9.17, 15) is 0 Å². The maximum atomic E-state index is 6.39. The molecule has 5 nitrogen and oxygen atoms in total. The van der Waals surface area contributed by atoms with E-state index < -0.39 is 5.79 Å². The van der Waals surface area contributed by atoms with Gasteiger partial charge in [0.1, 0.15) is 5.69 Å². The second kappa shape index (κ2) is 6.16. The fourth-order valence-corrected chi connectivity index (χ4v) is 3.26. The lowest BCUT2D eigenvalue weighted by Gasteiger charge is -2.28. The number of rotatable bonds is 4. The highest BCUT2D eigenvalue weighted by Crippen LogP contribution is 2.44. The van der Waals surface area contributed by atoms with E-state index in [1.807, 2.05) is 13.0 Å². The lowest BCUT2D eigenvalue weighted by atomic mass is 10.0. The largest absolute Gasteiger partial charge is 0.338 e. The third kappa shape index (κ3) is 2.63. The van der Waals surface area contributed by atoms with Gasteiger partial charge in [0.2, 0.25) is 5.79 Å². The molecule has 0 saturated carbocycles. The third-order valence-corrected chi connectivity index (χ3v) is 4.28. The first kappa shape index (κ1) is 15.7. The van der Waals surface area contributed by atoms with Gasteiger partial charge < -0.3 is 9.47 Å². The highest BCUT2D eigenvalue weighted by Gasteiger charge is 2.49. The Morgan fingerprint density at radius 3 is 2.82 bits per heavy atom. The van der Waals surface area contributed by atoms with E-state index in [-0.39, 0.29) is 6.10 Å². The standard InChI is InChI=1S/C15H17Cl2N3O2/c1-3-4-11-8-21-15(22-11,14-9(2)18-20-19-14)12-6-5-10(16)7-13(12)17/h5-7,11H,3-4,8H2,1-2H3,(H,18,19,20). The zero-order valence-electron chi connectivity index (χ0n) is 12.4. The molecule has 1 saturated heterocycles. The third-order valence-electron chi connectivity index (χ3n) is 3.74. The summed E-state index contributed by atoms with van der Waals surface area (Å²) in [5.74, 6) is -1.14. The fourth-order valence-electron chi connectivity index (χ4n) is 2.72. The molecule has 2 unspecified atom stereocenters. The molecule has 1 N–H and O–H groups in total. The number of ether oxygens (including phenoxy) is 2. The lowest BCUT2D eigenvalue weighted by molar-refractivity contribution is -0.146. The maximum Gasteiger partial charge on any atom is 0.245 e. The van der Waals surface area contributed by atoms with Crippen molar-refractivity contribution in [3.8, 4) is 0 Å². The van der Waals surface area contributed by atoms with E-state index >= 15 is 0 Å². The van der Waals surface area contributed by atoms with Gasteiger partial charge in [-0.1, -0.05) is 42.6 Å². The molecule has 1 fully saturated rings. The number of nitrogens with one attached hydrogen (secondary N) is 1. The van der Waals surface area contributed by atoms with E-state index in [4.69, 9.17) is 32.7 Å². The number of halogens is 2. The van der Waals surface area contributed by atoms with Gasteiger partial charge in [0, 0.05) is 10.6 Å². The number of aromatic amines is 1. The maximum absolute atomic E-state index is 6.39. The van der Waals surface area contributed by atoms with Crippen LogP contribution < -0.4 is 0 Å². The van der Waals surface area contributed by atoms with Crippen LogP contribution in [-0.4, -0.2) is 28.1 Å². The highest BCUT2D eigenvalue weighted by molar-refractivity contribution is 6.35. The zero-order chi connectivity index (χ0) is 15.7. The fraction of sp³-hybridized carbons (Fsp3) is 0.467. The van der Waals surface area contributed by atoms with Crippen molar-refractivity contribution in [2.75, 3.05) is 6.61 Å². The van der Waals surface area contributed by atoms with E-state index in [0.717, 1.165) is 12.8 Å². The summed E-state index contributed by atoms with van der Waals surface area (Å²) in [7, 11) is 0. The van der Waals surface area contributed by atoms with E-state index in [0.29, 0.717) is 33.6 Å². The second-order valence-electron chi connectivity index (χ2n) is 5.34. The first-order chi connectivity index (χ1) is 10.6. The minimum Gasteiger partial charge on any atom is -0.338 e. The summed E-state index contributed by atoms with van der Waals surface area (Å²) < 4.78 is 12.3. The summed E-state index contributed by atoms with van der Waals surface area (Å²) in [6, 6.07) is 5.25. The normalized spacial score (nSPS) is 24.8. The molecular formula is C15H17Cl2N3O2. The first-order valence-electron chi connectivity index (χ1n) is 7.22. The molecule has 1 aliphatic heterocycles. The average Bonchev–Trinajstić information content (AvgIpc) is 3.07. The van der Waals surface area contributed by atoms with Crippen LogP contribution >= 0.6 is 23.2 Å². The van der Waals surface area contributed by atoms with Gasteiger partial charge in [-0.25, -0.2) is 0 Å². The van der Waals surface area contributed by atoms with Crippen LogP contribution in [0.15, 0.2) is 18.2 Å². The number of hydrogen-bond donors (Lipinski definition) is 1. The molecule has 2 atom stereocenters. The molecule has 0 aliphatic carbocycles. The molecule has 1 aromatic heterocycles. The van der Waals surface area contributed by atoms with E-state index in [1.54, 1.807) is 12.1 Å². The summed E-state index contributed by atoms with van der Waals surface area (Å²) in [5, 5.41) is 12.0. The molecule has 0 bridgehead atoms. The van der Waals surface area contributed by atoms with Crippen molar-refractivity contribution in [2.45, 2.75) is 38.6 Å². The number of aryl methyl sites for hydroxylation is 1. The molecule has 1 aliphatic rings. The SMILES string of the molecule is CCCC1COC(c2ccc(Cl)cc2Cl)(c2n[nH]nc2C)O1. The smallest absolute Gasteiger partial charge is 0.245 e. The summed E-state index contributed by atoms with van der Waals surface area (Å²) in [4.78, 5) is 0. The van der Waals surface area contributed by atoms with Gasteiger partial charge in [-0.05, 0) is 25.5 Å². The van der Waals surface area contributed by atoms with Crippen molar-refractivity contribution in [3.63, 3.8) is 0 Å².